The fourth-order valence-electron chi connectivity index (χ4n) is 3.07. The number of anilines is 1. The Labute approximate surface area is 142 Å². The van der Waals surface area contributed by atoms with Gasteiger partial charge >= 0.3 is 0 Å². The van der Waals surface area contributed by atoms with E-state index in [1.807, 2.05) is 6.07 Å². The van der Waals surface area contributed by atoms with Crippen LogP contribution in [-0.4, -0.2) is 92.1 Å². The van der Waals surface area contributed by atoms with Gasteiger partial charge in [-0.1, -0.05) is 0 Å². The molecular formula is C15H23N5O3S. The van der Waals surface area contributed by atoms with E-state index < -0.39 is 9.84 Å². The van der Waals surface area contributed by atoms with Crippen LogP contribution in [0.15, 0.2) is 12.1 Å². The molecule has 0 spiro atoms. The minimum Gasteiger partial charge on any atom is -0.353 e. The summed E-state index contributed by atoms with van der Waals surface area (Å²) in [7, 11) is 0.694. The van der Waals surface area contributed by atoms with Crippen molar-refractivity contribution in [1.29, 1.82) is 0 Å². The number of amides is 1. The van der Waals surface area contributed by atoms with Gasteiger partial charge in [0.2, 0.25) is 0 Å². The van der Waals surface area contributed by atoms with Crippen LogP contribution in [0.4, 0.5) is 5.82 Å². The fourth-order valence-corrected chi connectivity index (χ4v) is 4.85. The quantitative estimate of drug-likeness (QED) is 0.723. The minimum atomic E-state index is -3.02. The van der Waals surface area contributed by atoms with Crippen LogP contribution in [0.3, 0.4) is 0 Å². The second kappa shape index (κ2) is 6.64. The van der Waals surface area contributed by atoms with Gasteiger partial charge in [0, 0.05) is 39.3 Å². The van der Waals surface area contributed by atoms with E-state index in [1.165, 1.54) is 4.90 Å². The van der Waals surface area contributed by atoms with Gasteiger partial charge in [-0.2, -0.15) is 0 Å². The first kappa shape index (κ1) is 17.1. The van der Waals surface area contributed by atoms with Crippen molar-refractivity contribution >= 4 is 21.6 Å². The van der Waals surface area contributed by atoms with Crippen molar-refractivity contribution in [2.75, 3.05) is 56.7 Å². The molecule has 9 heteroatoms. The Morgan fingerprint density at radius 2 is 1.92 bits per heavy atom. The van der Waals surface area contributed by atoms with Gasteiger partial charge in [-0.15, -0.1) is 10.2 Å². The van der Waals surface area contributed by atoms with E-state index >= 15 is 0 Å². The highest BCUT2D eigenvalue weighted by molar-refractivity contribution is 7.91. The molecule has 2 aliphatic rings. The number of sulfone groups is 1. The predicted octanol–water partition coefficient (Wildman–Crippen LogP) is -0.512. The summed E-state index contributed by atoms with van der Waals surface area (Å²) in [4.78, 5) is 18.4. The lowest BCUT2D eigenvalue weighted by Gasteiger charge is -2.32. The van der Waals surface area contributed by atoms with Gasteiger partial charge in [0.05, 0.1) is 11.5 Å². The molecule has 8 nitrogen and oxygen atoms in total. The summed E-state index contributed by atoms with van der Waals surface area (Å²) < 4.78 is 23.1. The van der Waals surface area contributed by atoms with Crippen molar-refractivity contribution in [2.45, 2.75) is 12.5 Å². The number of piperazine rings is 1. The Bertz CT molecular complexity index is 698. The van der Waals surface area contributed by atoms with Gasteiger partial charge in [-0.25, -0.2) is 8.42 Å². The Morgan fingerprint density at radius 3 is 2.46 bits per heavy atom. The Balaban J connectivity index is 1.65. The molecule has 3 rings (SSSR count). The molecule has 0 aromatic carbocycles. The molecule has 2 saturated heterocycles. The standard InChI is InChI=1S/C15H23N5O3S/c1-18-6-8-20(9-7-18)14-4-3-13(16-17-14)15(21)19(2)12-5-10-24(22,23)11-12/h3-4,12H,5-11H2,1-2H3. The van der Waals surface area contributed by atoms with Crippen molar-refractivity contribution in [3.05, 3.63) is 17.8 Å². The van der Waals surface area contributed by atoms with Crippen molar-refractivity contribution < 1.29 is 13.2 Å². The van der Waals surface area contributed by atoms with E-state index in [9.17, 15) is 13.2 Å². The third kappa shape index (κ3) is 3.67. The van der Waals surface area contributed by atoms with Crippen LogP contribution in [0.5, 0.6) is 0 Å². The summed E-state index contributed by atoms with van der Waals surface area (Å²) >= 11 is 0. The highest BCUT2D eigenvalue weighted by atomic mass is 32.2. The van der Waals surface area contributed by atoms with Gasteiger partial charge in [-0.05, 0) is 25.6 Å². The average Bonchev–Trinajstić information content (AvgIpc) is 2.94. The minimum absolute atomic E-state index is 0.0298. The second-order valence-electron chi connectivity index (χ2n) is 6.54. The topological polar surface area (TPSA) is 86.7 Å². The molecule has 2 fully saturated rings. The smallest absolute Gasteiger partial charge is 0.274 e. The lowest BCUT2D eigenvalue weighted by atomic mass is 10.2. The molecule has 3 heterocycles. The summed E-state index contributed by atoms with van der Waals surface area (Å²) in [5, 5.41) is 8.23. The van der Waals surface area contributed by atoms with E-state index in [0.29, 0.717) is 6.42 Å². The van der Waals surface area contributed by atoms with Crippen molar-refractivity contribution in [2.24, 2.45) is 0 Å². The van der Waals surface area contributed by atoms with Crippen LogP contribution in [0.1, 0.15) is 16.9 Å². The summed E-state index contributed by atoms with van der Waals surface area (Å²) in [5.74, 6) is 0.658. The lowest BCUT2D eigenvalue weighted by molar-refractivity contribution is 0.0740. The van der Waals surface area contributed by atoms with E-state index in [-0.39, 0.29) is 29.1 Å². The van der Waals surface area contributed by atoms with Crippen molar-refractivity contribution in [3.8, 4) is 0 Å². The molecular weight excluding hydrogens is 330 g/mol. The lowest BCUT2D eigenvalue weighted by Crippen LogP contribution is -2.45. The molecule has 24 heavy (non-hydrogen) atoms. The number of nitrogens with zero attached hydrogens (tertiary/aromatic N) is 5. The second-order valence-corrected chi connectivity index (χ2v) is 8.77. The number of rotatable bonds is 3. The third-order valence-electron chi connectivity index (χ3n) is 4.77. The van der Waals surface area contributed by atoms with Crippen LogP contribution < -0.4 is 4.90 Å². The molecule has 0 saturated carbocycles. The Hall–Kier alpha value is -1.74. The van der Waals surface area contributed by atoms with Crippen LogP contribution >= 0.6 is 0 Å². The molecule has 1 aromatic rings. The highest BCUT2D eigenvalue weighted by Crippen LogP contribution is 2.19. The van der Waals surface area contributed by atoms with Gasteiger partial charge in [0.25, 0.3) is 5.91 Å². The van der Waals surface area contributed by atoms with Gasteiger partial charge in [0.15, 0.2) is 21.3 Å². The van der Waals surface area contributed by atoms with Crippen LogP contribution in [0.25, 0.3) is 0 Å². The molecule has 132 valence electrons. The molecule has 2 aliphatic heterocycles. The first-order chi connectivity index (χ1) is 11.4. The molecule has 1 amide bonds. The molecule has 1 aromatic heterocycles. The zero-order valence-corrected chi connectivity index (χ0v) is 14.9. The molecule has 0 aliphatic carbocycles. The molecule has 1 atom stereocenters. The summed E-state index contributed by atoms with van der Waals surface area (Å²) in [6.45, 7) is 3.72. The fraction of sp³-hybridized carbons (Fsp3) is 0.667. The van der Waals surface area contributed by atoms with Crippen molar-refractivity contribution in [1.82, 2.24) is 20.0 Å². The number of aromatic nitrogens is 2. The molecule has 0 bridgehead atoms. The maximum Gasteiger partial charge on any atom is 0.274 e. The van der Waals surface area contributed by atoms with E-state index in [1.54, 1.807) is 13.1 Å². The first-order valence-electron chi connectivity index (χ1n) is 8.10. The van der Waals surface area contributed by atoms with Gasteiger partial charge in [0.1, 0.15) is 0 Å². The highest BCUT2D eigenvalue weighted by Gasteiger charge is 2.33. The van der Waals surface area contributed by atoms with Crippen LogP contribution in [0.2, 0.25) is 0 Å². The normalized spacial score (nSPS) is 24.1. The first-order valence-corrected chi connectivity index (χ1v) is 9.93. The number of likely N-dealkylation sites (N-methyl/N-ethyl adjacent to an activating group) is 1. The zero-order valence-electron chi connectivity index (χ0n) is 14.1. The maximum atomic E-state index is 12.5. The molecule has 0 radical (unpaired) electrons. The zero-order chi connectivity index (χ0) is 17.3. The predicted molar refractivity (Wildman–Crippen MR) is 90.9 cm³/mol. The average molecular weight is 353 g/mol. The number of carbonyl (C=O) groups is 1. The van der Waals surface area contributed by atoms with Gasteiger partial charge < -0.3 is 14.7 Å². The third-order valence-corrected chi connectivity index (χ3v) is 6.52. The van der Waals surface area contributed by atoms with E-state index in [0.717, 1.165) is 32.0 Å². The Kier molecular flexibility index (Phi) is 4.73. The van der Waals surface area contributed by atoms with Gasteiger partial charge in [-0.3, -0.25) is 4.79 Å². The number of carbonyl (C=O) groups excluding carboxylic acids is 1. The number of hydrogen-bond acceptors (Lipinski definition) is 7. The van der Waals surface area contributed by atoms with E-state index in [2.05, 4.69) is 27.0 Å². The monoisotopic (exact) mass is 353 g/mol. The maximum absolute atomic E-state index is 12.5. The summed E-state index contributed by atoms with van der Waals surface area (Å²) in [5.41, 5.74) is 0.250. The summed E-state index contributed by atoms with van der Waals surface area (Å²) in [6, 6.07) is 3.20. The largest absolute Gasteiger partial charge is 0.353 e. The van der Waals surface area contributed by atoms with Crippen LogP contribution in [0, 0.1) is 0 Å². The van der Waals surface area contributed by atoms with E-state index in [4.69, 9.17) is 0 Å². The molecule has 1 unspecified atom stereocenters. The summed E-state index contributed by atoms with van der Waals surface area (Å²) in [6.07, 6.45) is 0.484. The SMILES string of the molecule is CN1CCN(c2ccc(C(=O)N(C)C3CCS(=O)(=O)C3)nn2)CC1. The molecule has 0 N–H and O–H groups in total. The van der Waals surface area contributed by atoms with Crippen LogP contribution in [-0.2, 0) is 9.84 Å². The van der Waals surface area contributed by atoms with Crippen molar-refractivity contribution in [3.63, 3.8) is 0 Å². The number of hydrogen-bond donors (Lipinski definition) is 0. The Morgan fingerprint density at radius 1 is 1.21 bits per heavy atom.